The molecule has 26 heavy (non-hydrogen) atoms. The van der Waals surface area contributed by atoms with Gasteiger partial charge in [0.05, 0.1) is 0 Å². The summed E-state index contributed by atoms with van der Waals surface area (Å²) in [5.74, 6) is -3.04. The zero-order valence-corrected chi connectivity index (χ0v) is 15.3. The third-order valence-electron chi connectivity index (χ3n) is 3.85. The van der Waals surface area contributed by atoms with Crippen LogP contribution in [0.2, 0.25) is 0 Å². The first-order chi connectivity index (χ1) is 15.7. The average Bonchev–Trinajstić information content (AvgIpc) is 2.65. The van der Waals surface area contributed by atoms with E-state index in [-0.39, 0.29) is 12.0 Å². The Morgan fingerprint density at radius 3 is 2.58 bits per heavy atom. The molecule has 0 spiro atoms. The van der Waals surface area contributed by atoms with Gasteiger partial charge < -0.3 is 15.3 Å². The maximum atomic E-state index is 11.9. The molecule has 0 atom stereocenters. The molecule has 1 aromatic carbocycles. The number of hydrogen-bond acceptors (Lipinski definition) is 3. The molecule has 4 nitrogen and oxygen atoms in total. The molecule has 3 N–H and O–H groups in total. The second-order valence-corrected chi connectivity index (χ2v) is 6.24. The van der Waals surface area contributed by atoms with Crippen molar-refractivity contribution in [3.63, 3.8) is 0 Å². The first-order valence-corrected chi connectivity index (χ1v) is 8.26. The first kappa shape index (κ1) is 11.5. The Morgan fingerprint density at radius 2 is 1.96 bits per heavy atom. The second-order valence-electron chi connectivity index (χ2n) is 6.24. The number of phenolic OH excluding ortho intramolecular Hbond substituents is 1. The average molecular weight is 370 g/mol. The normalized spacial score (nSPS) is 18.7. The van der Waals surface area contributed by atoms with Gasteiger partial charge in [-0.1, -0.05) is 42.9 Å². The molecule has 0 amide bonds. The summed E-state index contributed by atoms with van der Waals surface area (Å²) < 4.78 is 69.2. The molecule has 0 aromatic heterocycles. The molecule has 0 unspecified atom stereocenters. The Balaban J connectivity index is 3.44. The van der Waals surface area contributed by atoms with Crippen LogP contribution < -0.4 is 0 Å². The van der Waals surface area contributed by atoms with E-state index in [2.05, 4.69) is 0 Å². The van der Waals surface area contributed by atoms with E-state index in [0.717, 1.165) is 23.6 Å². The van der Waals surface area contributed by atoms with E-state index in [9.17, 15) is 20.1 Å². The number of phenols is 2. The van der Waals surface area contributed by atoms with E-state index in [1.807, 2.05) is 26.8 Å². The van der Waals surface area contributed by atoms with Crippen molar-refractivity contribution in [3.8, 4) is 11.5 Å². The molecule has 0 radical (unpaired) electrons. The number of aromatic carboxylic acids is 1. The van der Waals surface area contributed by atoms with Gasteiger partial charge in [0.15, 0.2) is 0 Å². The van der Waals surface area contributed by atoms with Crippen LogP contribution in [0.4, 0.5) is 0 Å². The fraction of sp³-hybridized carbons (Fsp3) is 0.500. The molecule has 0 saturated heterocycles. The van der Waals surface area contributed by atoms with Crippen LogP contribution in [-0.4, -0.2) is 21.3 Å². The number of aromatic hydroxyl groups is 2. The largest absolute Gasteiger partial charge is 0.508 e. The van der Waals surface area contributed by atoms with Gasteiger partial charge in [-0.05, 0) is 64.5 Å². The number of hydrogen-bond donors (Lipinski definition) is 3. The molecule has 0 heterocycles. The second kappa shape index (κ2) is 10.7. The third-order valence-corrected chi connectivity index (χ3v) is 3.85. The number of allylic oxidation sites excluding steroid dienone is 4. The van der Waals surface area contributed by atoms with Gasteiger partial charge in [-0.15, -0.1) is 0 Å². The molecule has 0 aliphatic carbocycles. The fourth-order valence-electron chi connectivity index (χ4n) is 2.48. The molecule has 0 saturated carbocycles. The Labute approximate surface area is 169 Å². The van der Waals surface area contributed by atoms with Gasteiger partial charge in [0.1, 0.15) is 17.1 Å². The van der Waals surface area contributed by atoms with E-state index in [0.29, 0.717) is 6.42 Å². The van der Waals surface area contributed by atoms with Crippen molar-refractivity contribution in [1.29, 1.82) is 0 Å². The number of carbonyl (C=O) groups is 1. The molecule has 144 valence electrons. The highest BCUT2D eigenvalue weighted by Crippen LogP contribution is 2.35. The zero-order valence-electron chi connectivity index (χ0n) is 24.3. The minimum atomic E-state index is -3.62. The SMILES string of the molecule is [2H]C([2H])([2H])C([2H])([2H])C([2H])([2H])C([2H])([2H])Cc1cc(O)c(C/C=C(\C)CCC=C(C)C)c(O)c1C(=O)O. The third kappa shape index (κ3) is 6.58. The van der Waals surface area contributed by atoms with Gasteiger partial charge in [-0.2, -0.15) is 0 Å². The van der Waals surface area contributed by atoms with Crippen molar-refractivity contribution in [1.82, 2.24) is 0 Å². The lowest BCUT2D eigenvalue weighted by molar-refractivity contribution is 0.0692. The molecular weight excluding hydrogens is 328 g/mol. The minimum Gasteiger partial charge on any atom is -0.508 e. The van der Waals surface area contributed by atoms with Crippen LogP contribution in [-0.2, 0) is 12.8 Å². The highest BCUT2D eigenvalue weighted by atomic mass is 16.4. The van der Waals surface area contributed by atoms with Gasteiger partial charge in [0.25, 0.3) is 0 Å². The van der Waals surface area contributed by atoms with Crippen LogP contribution in [0.1, 0.15) is 93.4 Å². The van der Waals surface area contributed by atoms with Crippen LogP contribution in [0.5, 0.6) is 11.5 Å². The zero-order chi connectivity index (χ0) is 27.6. The van der Waals surface area contributed by atoms with Crippen LogP contribution in [0.15, 0.2) is 29.4 Å². The first-order valence-electron chi connectivity index (χ1n) is 12.8. The van der Waals surface area contributed by atoms with E-state index in [1.165, 1.54) is 0 Å². The lowest BCUT2D eigenvalue weighted by Gasteiger charge is -2.14. The lowest BCUT2D eigenvalue weighted by atomic mass is 9.95. The van der Waals surface area contributed by atoms with E-state index in [1.54, 1.807) is 6.08 Å². The van der Waals surface area contributed by atoms with Crippen LogP contribution in [0.3, 0.4) is 0 Å². The van der Waals surface area contributed by atoms with Gasteiger partial charge in [-0.3, -0.25) is 0 Å². The topological polar surface area (TPSA) is 77.8 Å². The Morgan fingerprint density at radius 1 is 1.23 bits per heavy atom. The summed E-state index contributed by atoms with van der Waals surface area (Å²) in [6.45, 7) is 2.27. The summed E-state index contributed by atoms with van der Waals surface area (Å²) in [5, 5.41) is 30.7. The summed E-state index contributed by atoms with van der Waals surface area (Å²) in [4.78, 5) is 11.9. The fourth-order valence-corrected chi connectivity index (χ4v) is 2.48. The maximum absolute atomic E-state index is 11.9. The molecule has 0 fully saturated rings. The standard InChI is InChI=1S/C22H32O4/c1-5-6-7-11-17-14-19(23)18(21(24)20(17)22(25)26)13-12-16(4)10-8-9-15(2)3/h9,12,14,23-24H,5-8,10-11,13H2,1-4H3,(H,25,26)/b16-12+/i1D3,5D2,6D2,7D2. The summed E-state index contributed by atoms with van der Waals surface area (Å²) in [5.41, 5.74) is 0.692. The van der Waals surface area contributed by atoms with Crippen LogP contribution in [0.25, 0.3) is 0 Å². The summed E-state index contributed by atoms with van der Waals surface area (Å²) in [6.07, 6.45) is -6.32. The number of rotatable bonds is 10. The Bertz CT molecular complexity index is 1010. The highest BCUT2D eigenvalue weighted by Gasteiger charge is 2.21. The summed E-state index contributed by atoms with van der Waals surface area (Å²) in [6, 6.07) is 0.879. The van der Waals surface area contributed by atoms with E-state index in [4.69, 9.17) is 12.3 Å². The van der Waals surface area contributed by atoms with Crippen molar-refractivity contribution in [2.24, 2.45) is 0 Å². The molecule has 4 heteroatoms. The predicted octanol–water partition coefficient (Wildman–Crippen LogP) is 5.76. The van der Waals surface area contributed by atoms with Crippen LogP contribution in [0, 0.1) is 0 Å². The van der Waals surface area contributed by atoms with Crippen molar-refractivity contribution in [2.75, 3.05) is 0 Å². The molecular formula is C22H32O4. The van der Waals surface area contributed by atoms with Gasteiger partial charge in [0, 0.05) is 17.9 Å². The van der Waals surface area contributed by atoms with Crippen molar-refractivity contribution in [3.05, 3.63) is 46.1 Å². The molecule has 0 bridgehead atoms. The number of carboxylic acids is 1. The smallest absolute Gasteiger partial charge is 0.339 e. The molecule has 0 aliphatic rings. The quantitative estimate of drug-likeness (QED) is 0.458. The predicted molar refractivity (Wildman–Crippen MR) is 106 cm³/mol. The van der Waals surface area contributed by atoms with Gasteiger partial charge >= 0.3 is 5.97 Å². The summed E-state index contributed by atoms with van der Waals surface area (Å²) >= 11 is 0. The molecule has 1 rings (SSSR count). The van der Waals surface area contributed by atoms with E-state index >= 15 is 0 Å². The number of aryl methyl sites for hydroxylation is 1. The number of benzene rings is 1. The Hall–Kier alpha value is -2.23. The van der Waals surface area contributed by atoms with Crippen molar-refractivity contribution >= 4 is 5.97 Å². The van der Waals surface area contributed by atoms with Gasteiger partial charge in [-0.25, -0.2) is 4.79 Å². The maximum Gasteiger partial charge on any atom is 0.339 e. The van der Waals surface area contributed by atoms with Crippen molar-refractivity contribution in [2.45, 2.75) is 72.4 Å². The molecule has 0 aliphatic heterocycles. The molecule has 1 aromatic rings. The highest BCUT2D eigenvalue weighted by molar-refractivity contribution is 5.93. The Kier molecular flexibility index (Phi) is 4.72. The van der Waals surface area contributed by atoms with E-state index < -0.39 is 61.0 Å². The van der Waals surface area contributed by atoms with Gasteiger partial charge in [0.2, 0.25) is 0 Å². The lowest BCUT2D eigenvalue weighted by Crippen LogP contribution is -2.05. The van der Waals surface area contributed by atoms with Crippen LogP contribution >= 0.6 is 0 Å². The monoisotopic (exact) mass is 369 g/mol. The van der Waals surface area contributed by atoms with Crippen molar-refractivity contribution < 1.29 is 32.5 Å². The summed E-state index contributed by atoms with van der Waals surface area (Å²) in [7, 11) is 0. The number of carboxylic acid groups (broad SMARTS) is 1. The minimum absolute atomic E-state index is 0.0196.